The molecule has 0 aliphatic rings. The van der Waals surface area contributed by atoms with Crippen LogP contribution in [0.15, 0.2) is 35.0 Å². The molecule has 8 heteroatoms. The van der Waals surface area contributed by atoms with E-state index in [9.17, 15) is 14.4 Å². The summed E-state index contributed by atoms with van der Waals surface area (Å²) in [6.45, 7) is 3.54. The molecule has 0 saturated heterocycles. The summed E-state index contributed by atoms with van der Waals surface area (Å²) in [5.41, 5.74) is 0.370. The van der Waals surface area contributed by atoms with Crippen LogP contribution in [0.1, 0.15) is 23.6 Å². The van der Waals surface area contributed by atoms with Crippen LogP contribution >= 0.6 is 22.7 Å². The maximum absolute atomic E-state index is 12.5. The van der Waals surface area contributed by atoms with Crippen LogP contribution in [-0.4, -0.2) is 30.6 Å². The molecule has 3 amide bonds. The zero-order valence-electron chi connectivity index (χ0n) is 13.8. The van der Waals surface area contributed by atoms with Gasteiger partial charge in [-0.25, -0.2) is 9.59 Å². The van der Waals surface area contributed by atoms with Gasteiger partial charge in [-0.15, -0.1) is 22.7 Å². The van der Waals surface area contributed by atoms with Crippen molar-refractivity contribution in [3.05, 3.63) is 44.8 Å². The van der Waals surface area contributed by atoms with E-state index >= 15 is 0 Å². The van der Waals surface area contributed by atoms with Gasteiger partial charge in [0.25, 0.3) is 5.91 Å². The third-order valence-electron chi connectivity index (χ3n) is 3.06. The van der Waals surface area contributed by atoms with E-state index in [0.717, 1.165) is 9.75 Å². The lowest BCUT2D eigenvalue weighted by Gasteiger charge is -2.14. The largest absolute Gasteiger partial charge is 0.449 e. The molecule has 0 unspecified atom stereocenters. The minimum absolute atomic E-state index is 0.370. The number of urea groups is 1. The van der Waals surface area contributed by atoms with E-state index in [1.54, 1.807) is 13.0 Å². The maximum Gasteiger partial charge on any atom is 0.340 e. The lowest BCUT2D eigenvalue weighted by Crippen LogP contribution is -2.44. The van der Waals surface area contributed by atoms with Crippen molar-refractivity contribution in [1.29, 1.82) is 0 Å². The molecule has 2 heterocycles. The Morgan fingerprint density at radius 2 is 1.92 bits per heavy atom. The van der Waals surface area contributed by atoms with Crippen LogP contribution in [0.3, 0.4) is 0 Å². The normalized spacial score (nSPS) is 12.3. The van der Waals surface area contributed by atoms with Crippen LogP contribution in [0.2, 0.25) is 0 Å². The fraction of sp³-hybridized carbons (Fsp3) is 0.235. The van der Waals surface area contributed by atoms with Gasteiger partial charge in [0.05, 0.1) is 5.57 Å². The van der Waals surface area contributed by atoms with Gasteiger partial charge in [0.15, 0.2) is 6.10 Å². The van der Waals surface area contributed by atoms with E-state index in [2.05, 4.69) is 10.6 Å². The van der Waals surface area contributed by atoms with Crippen molar-refractivity contribution in [3.8, 4) is 0 Å². The average Bonchev–Trinajstić information content (AvgIpc) is 3.26. The minimum atomic E-state index is -1.10. The monoisotopic (exact) mass is 378 g/mol. The Morgan fingerprint density at radius 1 is 1.20 bits per heavy atom. The van der Waals surface area contributed by atoms with E-state index in [1.807, 2.05) is 35.0 Å². The Morgan fingerprint density at radius 3 is 2.52 bits per heavy atom. The highest BCUT2D eigenvalue weighted by molar-refractivity contribution is 7.12. The molecule has 2 aromatic heterocycles. The molecule has 2 rings (SSSR count). The van der Waals surface area contributed by atoms with E-state index in [1.165, 1.54) is 29.6 Å². The highest BCUT2D eigenvalue weighted by Crippen LogP contribution is 2.26. The smallest absolute Gasteiger partial charge is 0.340 e. The van der Waals surface area contributed by atoms with Gasteiger partial charge in [-0.3, -0.25) is 10.1 Å². The zero-order valence-corrected chi connectivity index (χ0v) is 15.4. The summed E-state index contributed by atoms with van der Waals surface area (Å²) in [4.78, 5) is 37.5. The first-order valence-corrected chi connectivity index (χ1v) is 9.36. The van der Waals surface area contributed by atoms with Gasteiger partial charge in [0.2, 0.25) is 0 Å². The topological polar surface area (TPSA) is 84.5 Å². The molecule has 6 nitrogen and oxygen atoms in total. The van der Waals surface area contributed by atoms with Crippen molar-refractivity contribution in [1.82, 2.24) is 10.6 Å². The van der Waals surface area contributed by atoms with Crippen molar-refractivity contribution in [2.75, 3.05) is 6.54 Å². The van der Waals surface area contributed by atoms with Crippen LogP contribution in [-0.2, 0) is 14.3 Å². The van der Waals surface area contributed by atoms with Crippen molar-refractivity contribution in [2.45, 2.75) is 20.0 Å². The number of amides is 3. The molecule has 0 aliphatic carbocycles. The number of hydrogen-bond acceptors (Lipinski definition) is 6. The van der Waals surface area contributed by atoms with E-state index < -0.39 is 24.0 Å². The van der Waals surface area contributed by atoms with Crippen LogP contribution in [0, 0.1) is 0 Å². The maximum atomic E-state index is 12.5. The Balaban J connectivity index is 2.10. The third kappa shape index (κ3) is 5.54. The fourth-order valence-corrected chi connectivity index (χ4v) is 3.26. The first-order chi connectivity index (χ1) is 12.0. The van der Waals surface area contributed by atoms with Crippen molar-refractivity contribution in [3.63, 3.8) is 0 Å². The van der Waals surface area contributed by atoms with Crippen molar-refractivity contribution in [2.24, 2.45) is 0 Å². The molecule has 2 aromatic rings. The highest BCUT2D eigenvalue weighted by atomic mass is 32.1. The molecule has 132 valence electrons. The second-order valence-electron chi connectivity index (χ2n) is 4.95. The van der Waals surface area contributed by atoms with Gasteiger partial charge in [-0.05, 0) is 42.8 Å². The Hall–Kier alpha value is -2.45. The first-order valence-electron chi connectivity index (χ1n) is 7.60. The SMILES string of the molecule is CCNC(=O)NC(=O)[C@@H](C)OC(=O)/C(=C/c1cccs1)c1cccs1. The lowest BCUT2D eigenvalue weighted by atomic mass is 10.2. The lowest BCUT2D eigenvalue weighted by molar-refractivity contribution is -0.148. The van der Waals surface area contributed by atoms with Gasteiger partial charge >= 0.3 is 12.0 Å². The standard InChI is InChI=1S/C17H18N2O4S2/c1-3-18-17(22)19-15(20)11(2)23-16(21)13(14-7-5-9-25-14)10-12-6-4-8-24-12/h4-11H,3H2,1-2H3,(H2,18,19,20,22)/b13-10+/t11-/m1/s1. The molecule has 0 radical (unpaired) electrons. The van der Waals surface area contributed by atoms with Crippen molar-refractivity contribution >= 4 is 52.2 Å². The molecular formula is C17H18N2O4S2. The second kappa shape index (κ2) is 9.14. The number of carbonyl (C=O) groups excluding carboxylic acids is 3. The van der Waals surface area contributed by atoms with Gasteiger partial charge in [-0.2, -0.15) is 0 Å². The molecule has 2 N–H and O–H groups in total. The van der Waals surface area contributed by atoms with Crippen LogP contribution < -0.4 is 10.6 Å². The van der Waals surface area contributed by atoms with E-state index in [4.69, 9.17) is 4.74 Å². The van der Waals surface area contributed by atoms with Crippen molar-refractivity contribution < 1.29 is 19.1 Å². The van der Waals surface area contributed by atoms with Crippen LogP contribution in [0.5, 0.6) is 0 Å². The first kappa shape index (κ1) is 18.9. The number of esters is 1. The molecule has 0 aromatic carbocycles. The fourth-order valence-electron chi connectivity index (χ4n) is 1.87. The molecule has 0 aliphatic heterocycles. The Kier molecular flexibility index (Phi) is 6.91. The van der Waals surface area contributed by atoms with E-state index in [-0.39, 0.29) is 0 Å². The number of nitrogens with one attached hydrogen (secondary N) is 2. The minimum Gasteiger partial charge on any atom is -0.449 e. The third-order valence-corrected chi connectivity index (χ3v) is 4.79. The number of hydrogen-bond donors (Lipinski definition) is 2. The molecule has 0 fully saturated rings. The number of rotatable bonds is 6. The summed E-state index contributed by atoms with van der Waals surface area (Å²) in [6, 6.07) is 6.79. The summed E-state index contributed by atoms with van der Waals surface area (Å²) >= 11 is 2.90. The summed E-state index contributed by atoms with van der Waals surface area (Å²) in [6.07, 6.45) is 0.634. The Labute approximate surface area is 153 Å². The quantitative estimate of drug-likeness (QED) is 0.597. The average molecular weight is 378 g/mol. The molecule has 0 spiro atoms. The molecule has 1 atom stereocenters. The number of imide groups is 1. The zero-order chi connectivity index (χ0) is 18.2. The predicted molar refractivity (Wildman–Crippen MR) is 99.3 cm³/mol. The van der Waals surface area contributed by atoms with Crippen LogP contribution in [0.4, 0.5) is 4.79 Å². The number of thiophene rings is 2. The molecule has 0 bridgehead atoms. The summed E-state index contributed by atoms with van der Waals surface area (Å²) in [5, 5.41) is 8.33. The summed E-state index contributed by atoms with van der Waals surface area (Å²) in [5.74, 6) is -1.30. The second-order valence-corrected chi connectivity index (χ2v) is 6.87. The van der Waals surface area contributed by atoms with Gasteiger partial charge in [0, 0.05) is 16.3 Å². The summed E-state index contributed by atoms with van der Waals surface area (Å²) < 4.78 is 5.24. The molecule has 0 saturated carbocycles. The van der Waals surface area contributed by atoms with Crippen LogP contribution in [0.25, 0.3) is 11.6 Å². The van der Waals surface area contributed by atoms with Gasteiger partial charge < -0.3 is 10.1 Å². The summed E-state index contributed by atoms with van der Waals surface area (Å²) in [7, 11) is 0. The van der Waals surface area contributed by atoms with E-state index in [0.29, 0.717) is 12.1 Å². The Bertz CT molecular complexity index is 752. The number of ether oxygens (including phenoxy) is 1. The molecule has 25 heavy (non-hydrogen) atoms. The van der Waals surface area contributed by atoms with Gasteiger partial charge in [0.1, 0.15) is 0 Å². The highest BCUT2D eigenvalue weighted by Gasteiger charge is 2.23. The van der Waals surface area contributed by atoms with Gasteiger partial charge in [-0.1, -0.05) is 12.1 Å². The molecular weight excluding hydrogens is 360 g/mol. The predicted octanol–water partition coefficient (Wildman–Crippen LogP) is 3.13. The number of carbonyl (C=O) groups is 3.